The van der Waals surface area contributed by atoms with Crippen LogP contribution in [0.25, 0.3) is 0 Å². The van der Waals surface area contributed by atoms with Crippen LogP contribution in [-0.2, 0) is 11.2 Å². The molecule has 20 heavy (non-hydrogen) atoms. The van der Waals surface area contributed by atoms with E-state index in [-0.39, 0.29) is 0 Å². The molecule has 0 bridgehead atoms. The van der Waals surface area contributed by atoms with Gasteiger partial charge in [-0.25, -0.2) is 0 Å². The quantitative estimate of drug-likeness (QED) is 0.558. The van der Waals surface area contributed by atoms with Gasteiger partial charge in [-0.3, -0.25) is 0 Å². The molecule has 0 amide bonds. The molecule has 0 aliphatic carbocycles. The largest absolute Gasteiger partial charge is 0.493 e. The van der Waals surface area contributed by atoms with Crippen LogP contribution in [0.3, 0.4) is 0 Å². The second-order valence-corrected chi connectivity index (χ2v) is 4.52. The fourth-order valence-electron chi connectivity index (χ4n) is 1.69. The van der Waals surface area contributed by atoms with Gasteiger partial charge in [0.25, 0.3) is 0 Å². The van der Waals surface area contributed by atoms with Crippen LogP contribution in [0.15, 0.2) is 18.2 Å². The Morgan fingerprint density at radius 2 is 1.75 bits per heavy atom. The number of ether oxygens (including phenoxy) is 3. The molecule has 0 unspecified atom stereocenters. The van der Waals surface area contributed by atoms with Crippen molar-refractivity contribution in [1.82, 2.24) is 10.6 Å². The van der Waals surface area contributed by atoms with Crippen LogP contribution >= 0.6 is 12.2 Å². The van der Waals surface area contributed by atoms with Crippen LogP contribution in [0.5, 0.6) is 11.5 Å². The lowest BCUT2D eigenvalue weighted by Gasteiger charge is -2.11. The molecule has 0 spiro atoms. The van der Waals surface area contributed by atoms with Crippen molar-refractivity contribution in [3.8, 4) is 11.5 Å². The number of methoxy groups -OCH3 is 3. The first-order valence-electron chi connectivity index (χ1n) is 6.42. The van der Waals surface area contributed by atoms with Crippen LogP contribution in [-0.4, -0.2) is 46.1 Å². The average Bonchev–Trinajstić information content (AvgIpc) is 2.47. The Bertz CT molecular complexity index is 427. The molecular formula is C14H22N2O3S. The summed E-state index contributed by atoms with van der Waals surface area (Å²) in [5.74, 6) is 1.48. The number of hydrogen-bond donors (Lipinski definition) is 2. The summed E-state index contributed by atoms with van der Waals surface area (Å²) >= 11 is 5.15. The maximum absolute atomic E-state index is 5.27. The third-order valence-corrected chi connectivity index (χ3v) is 3.03. The van der Waals surface area contributed by atoms with Crippen molar-refractivity contribution in [2.45, 2.75) is 6.42 Å². The lowest BCUT2D eigenvalue weighted by atomic mass is 10.1. The van der Waals surface area contributed by atoms with Gasteiger partial charge in [-0.1, -0.05) is 6.07 Å². The topological polar surface area (TPSA) is 51.8 Å². The van der Waals surface area contributed by atoms with Gasteiger partial charge in [0.15, 0.2) is 16.6 Å². The number of rotatable bonds is 8. The van der Waals surface area contributed by atoms with E-state index in [9.17, 15) is 0 Å². The molecule has 1 aromatic carbocycles. The summed E-state index contributed by atoms with van der Waals surface area (Å²) in [6, 6.07) is 5.90. The lowest BCUT2D eigenvalue weighted by molar-refractivity contribution is 0.204. The van der Waals surface area contributed by atoms with Crippen molar-refractivity contribution in [3.05, 3.63) is 23.8 Å². The van der Waals surface area contributed by atoms with Gasteiger partial charge in [-0.2, -0.15) is 0 Å². The van der Waals surface area contributed by atoms with Crippen molar-refractivity contribution in [2.75, 3.05) is 41.0 Å². The maximum Gasteiger partial charge on any atom is 0.166 e. The maximum atomic E-state index is 5.27. The molecule has 0 aliphatic heterocycles. The minimum Gasteiger partial charge on any atom is -0.493 e. The van der Waals surface area contributed by atoms with Crippen LogP contribution in [0, 0.1) is 0 Å². The van der Waals surface area contributed by atoms with E-state index in [0.717, 1.165) is 30.0 Å². The average molecular weight is 298 g/mol. The van der Waals surface area contributed by atoms with Crippen molar-refractivity contribution in [2.24, 2.45) is 0 Å². The number of thiocarbonyl (C=S) groups is 1. The summed E-state index contributed by atoms with van der Waals surface area (Å²) in [7, 11) is 4.92. The summed E-state index contributed by atoms with van der Waals surface area (Å²) < 4.78 is 15.4. The Kier molecular flexibility index (Phi) is 7.75. The molecule has 112 valence electrons. The predicted molar refractivity (Wildman–Crippen MR) is 83.7 cm³/mol. The first-order chi connectivity index (χ1) is 9.71. The minimum atomic E-state index is 0.636. The number of benzene rings is 1. The van der Waals surface area contributed by atoms with Crippen molar-refractivity contribution >= 4 is 17.3 Å². The molecule has 5 nitrogen and oxygen atoms in total. The van der Waals surface area contributed by atoms with E-state index >= 15 is 0 Å². The summed E-state index contributed by atoms with van der Waals surface area (Å²) in [4.78, 5) is 0. The van der Waals surface area contributed by atoms with Crippen molar-refractivity contribution in [3.63, 3.8) is 0 Å². The van der Waals surface area contributed by atoms with E-state index in [4.69, 9.17) is 26.4 Å². The summed E-state index contributed by atoms with van der Waals surface area (Å²) in [5, 5.41) is 6.85. The zero-order chi connectivity index (χ0) is 14.8. The van der Waals surface area contributed by atoms with Crippen LogP contribution in [0.2, 0.25) is 0 Å². The molecule has 2 N–H and O–H groups in total. The molecule has 0 radical (unpaired) electrons. The number of hydrogen-bond acceptors (Lipinski definition) is 4. The Hall–Kier alpha value is -1.53. The highest BCUT2D eigenvalue weighted by Gasteiger charge is 2.04. The third-order valence-electron chi connectivity index (χ3n) is 2.74. The van der Waals surface area contributed by atoms with Gasteiger partial charge in [0.05, 0.1) is 20.8 Å². The van der Waals surface area contributed by atoms with Crippen LogP contribution in [0.4, 0.5) is 0 Å². The molecule has 0 aliphatic rings. The summed E-state index contributed by atoms with van der Waals surface area (Å²) in [6.45, 7) is 2.10. The Morgan fingerprint density at radius 1 is 1.05 bits per heavy atom. The second kappa shape index (κ2) is 9.39. The fourth-order valence-corrected chi connectivity index (χ4v) is 1.89. The zero-order valence-electron chi connectivity index (χ0n) is 12.2. The van der Waals surface area contributed by atoms with Gasteiger partial charge >= 0.3 is 0 Å². The van der Waals surface area contributed by atoms with Gasteiger partial charge in [-0.15, -0.1) is 0 Å². The van der Waals surface area contributed by atoms with Gasteiger partial charge in [0, 0.05) is 20.2 Å². The van der Waals surface area contributed by atoms with Gasteiger partial charge in [0.1, 0.15) is 0 Å². The molecule has 0 saturated carbocycles. The van der Waals surface area contributed by atoms with Crippen molar-refractivity contribution in [1.29, 1.82) is 0 Å². The molecule has 0 aromatic heterocycles. The smallest absolute Gasteiger partial charge is 0.166 e. The second-order valence-electron chi connectivity index (χ2n) is 4.11. The standard InChI is InChI=1S/C14H22N2O3S/c1-17-9-8-16-14(20)15-7-6-11-4-5-12(18-2)13(10-11)19-3/h4-5,10H,6-9H2,1-3H3,(H2,15,16,20). The monoisotopic (exact) mass is 298 g/mol. The predicted octanol–water partition coefficient (Wildman–Crippen LogP) is 1.36. The molecule has 0 atom stereocenters. The first kappa shape index (κ1) is 16.5. The van der Waals surface area contributed by atoms with E-state index in [1.807, 2.05) is 18.2 Å². The third kappa shape index (κ3) is 5.63. The molecule has 0 fully saturated rings. The minimum absolute atomic E-state index is 0.636. The van der Waals surface area contributed by atoms with Crippen LogP contribution in [0.1, 0.15) is 5.56 Å². The molecule has 1 rings (SSSR count). The molecule has 6 heteroatoms. The lowest BCUT2D eigenvalue weighted by Crippen LogP contribution is -2.37. The van der Waals surface area contributed by atoms with E-state index in [1.54, 1.807) is 21.3 Å². The zero-order valence-corrected chi connectivity index (χ0v) is 13.0. The number of nitrogens with one attached hydrogen (secondary N) is 2. The Labute approximate surface area is 125 Å². The van der Waals surface area contributed by atoms with Crippen LogP contribution < -0.4 is 20.1 Å². The van der Waals surface area contributed by atoms with E-state index in [2.05, 4.69) is 10.6 Å². The van der Waals surface area contributed by atoms with Gasteiger partial charge < -0.3 is 24.8 Å². The van der Waals surface area contributed by atoms with Gasteiger partial charge in [0.2, 0.25) is 0 Å². The molecule has 1 aromatic rings. The Morgan fingerprint density at radius 3 is 2.40 bits per heavy atom. The summed E-state index contributed by atoms with van der Waals surface area (Å²) in [5.41, 5.74) is 1.16. The van der Waals surface area contributed by atoms with E-state index in [1.165, 1.54) is 0 Å². The SMILES string of the molecule is COCCNC(=S)NCCc1ccc(OC)c(OC)c1. The highest BCUT2D eigenvalue weighted by Crippen LogP contribution is 2.27. The van der Waals surface area contributed by atoms with Gasteiger partial charge in [-0.05, 0) is 36.3 Å². The van der Waals surface area contributed by atoms with E-state index < -0.39 is 0 Å². The molecule has 0 saturated heterocycles. The Balaban J connectivity index is 2.36. The first-order valence-corrected chi connectivity index (χ1v) is 6.83. The van der Waals surface area contributed by atoms with Crippen molar-refractivity contribution < 1.29 is 14.2 Å². The summed E-state index contributed by atoms with van der Waals surface area (Å²) in [6.07, 6.45) is 0.854. The normalized spacial score (nSPS) is 9.95. The molecular weight excluding hydrogens is 276 g/mol. The highest BCUT2D eigenvalue weighted by atomic mass is 32.1. The fraction of sp³-hybridized carbons (Fsp3) is 0.500. The van der Waals surface area contributed by atoms with E-state index in [0.29, 0.717) is 18.3 Å². The highest BCUT2D eigenvalue weighted by molar-refractivity contribution is 7.80. The molecule has 0 heterocycles.